The molecule has 1 heterocycles. The first kappa shape index (κ1) is 16.4. The Morgan fingerprint density at radius 1 is 1.14 bits per heavy atom. The third-order valence-corrected chi connectivity index (χ3v) is 3.53. The summed E-state index contributed by atoms with van der Waals surface area (Å²) in [5.41, 5.74) is -0.609. The van der Waals surface area contributed by atoms with E-state index in [-0.39, 0.29) is 25.0 Å². The molecule has 0 radical (unpaired) electrons. The number of carbonyl (C=O) groups is 2. The lowest BCUT2D eigenvalue weighted by atomic mass is 10.0. The van der Waals surface area contributed by atoms with Gasteiger partial charge in [0.15, 0.2) is 0 Å². The minimum absolute atomic E-state index is 0.102. The normalized spacial score (nSPS) is 17.8. The van der Waals surface area contributed by atoms with Gasteiger partial charge in [-0.25, -0.2) is 8.78 Å². The Morgan fingerprint density at radius 3 is 2.45 bits per heavy atom. The van der Waals surface area contributed by atoms with Gasteiger partial charge in [0.25, 0.3) is 5.91 Å². The molecule has 1 fully saturated rings. The zero-order valence-electron chi connectivity index (χ0n) is 12.1. The van der Waals surface area contributed by atoms with E-state index in [0.717, 1.165) is 37.9 Å². The van der Waals surface area contributed by atoms with Crippen molar-refractivity contribution in [1.82, 2.24) is 16.0 Å². The summed E-state index contributed by atoms with van der Waals surface area (Å²) in [7, 11) is 0. The molecule has 22 heavy (non-hydrogen) atoms. The maximum Gasteiger partial charge on any atom is 0.257 e. The number of rotatable bonds is 5. The lowest BCUT2D eigenvalue weighted by molar-refractivity contribution is -0.123. The molecular weight excluding hydrogens is 292 g/mol. The summed E-state index contributed by atoms with van der Waals surface area (Å²) in [4.78, 5) is 23.5. The molecule has 1 unspecified atom stereocenters. The molecule has 1 aromatic rings. The van der Waals surface area contributed by atoms with Crippen LogP contribution in [0.3, 0.4) is 0 Å². The molecule has 0 bridgehead atoms. The second-order valence-electron chi connectivity index (χ2n) is 5.15. The van der Waals surface area contributed by atoms with Crippen LogP contribution in [0.15, 0.2) is 18.2 Å². The highest BCUT2D eigenvalue weighted by molar-refractivity contribution is 5.94. The molecule has 1 atom stereocenters. The Hall–Kier alpha value is -2.02. The number of amides is 2. The van der Waals surface area contributed by atoms with Gasteiger partial charge in [0.2, 0.25) is 5.91 Å². The molecule has 7 heteroatoms. The maximum atomic E-state index is 13.4. The summed E-state index contributed by atoms with van der Waals surface area (Å²) in [6, 6.07) is 3.04. The van der Waals surface area contributed by atoms with E-state index < -0.39 is 23.1 Å². The highest BCUT2D eigenvalue weighted by atomic mass is 19.1. The predicted octanol–water partition coefficient (Wildman–Crippen LogP) is 0.953. The molecule has 1 saturated heterocycles. The Morgan fingerprint density at radius 2 is 1.82 bits per heavy atom. The Balaban J connectivity index is 1.74. The second-order valence-corrected chi connectivity index (χ2v) is 5.15. The monoisotopic (exact) mass is 311 g/mol. The van der Waals surface area contributed by atoms with E-state index in [0.29, 0.717) is 0 Å². The van der Waals surface area contributed by atoms with Gasteiger partial charge in [-0.3, -0.25) is 9.59 Å². The van der Waals surface area contributed by atoms with E-state index >= 15 is 0 Å². The zero-order valence-corrected chi connectivity index (χ0v) is 12.1. The number of halogens is 2. The van der Waals surface area contributed by atoms with Crippen molar-refractivity contribution in [2.45, 2.75) is 25.3 Å². The van der Waals surface area contributed by atoms with Crippen LogP contribution in [-0.4, -0.2) is 37.5 Å². The van der Waals surface area contributed by atoms with Crippen molar-refractivity contribution in [3.05, 3.63) is 35.4 Å². The third kappa shape index (κ3) is 4.24. The largest absolute Gasteiger partial charge is 0.353 e. The molecule has 2 rings (SSSR count). The molecular formula is C15H19F2N3O2. The Bertz CT molecular complexity index is 525. The smallest absolute Gasteiger partial charge is 0.257 e. The first-order valence-electron chi connectivity index (χ1n) is 7.33. The van der Waals surface area contributed by atoms with Crippen LogP contribution in [-0.2, 0) is 4.79 Å². The molecule has 1 aromatic carbocycles. The molecule has 1 aliphatic heterocycles. The van der Waals surface area contributed by atoms with E-state index in [9.17, 15) is 18.4 Å². The van der Waals surface area contributed by atoms with Gasteiger partial charge in [0.05, 0.1) is 6.04 Å². The number of carbonyl (C=O) groups excluding carboxylic acids is 2. The van der Waals surface area contributed by atoms with Gasteiger partial charge in [0.1, 0.15) is 17.2 Å². The van der Waals surface area contributed by atoms with Gasteiger partial charge in [0, 0.05) is 13.1 Å². The topological polar surface area (TPSA) is 70.2 Å². The molecule has 0 aromatic heterocycles. The van der Waals surface area contributed by atoms with Gasteiger partial charge in [-0.05, 0) is 31.5 Å². The van der Waals surface area contributed by atoms with Crippen LogP contribution < -0.4 is 16.0 Å². The van der Waals surface area contributed by atoms with Crippen LogP contribution >= 0.6 is 0 Å². The molecule has 5 nitrogen and oxygen atoms in total. The summed E-state index contributed by atoms with van der Waals surface area (Å²) >= 11 is 0. The minimum Gasteiger partial charge on any atom is -0.353 e. The first-order valence-corrected chi connectivity index (χ1v) is 7.33. The fourth-order valence-corrected chi connectivity index (χ4v) is 2.36. The summed E-state index contributed by atoms with van der Waals surface area (Å²) in [5.74, 6) is -2.77. The van der Waals surface area contributed by atoms with Gasteiger partial charge < -0.3 is 16.0 Å². The van der Waals surface area contributed by atoms with E-state index in [1.807, 2.05) is 0 Å². The van der Waals surface area contributed by atoms with E-state index in [1.165, 1.54) is 6.07 Å². The van der Waals surface area contributed by atoms with Gasteiger partial charge >= 0.3 is 0 Å². The first-order chi connectivity index (χ1) is 10.6. The fraction of sp³-hybridized carbons (Fsp3) is 0.467. The average molecular weight is 311 g/mol. The van der Waals surface area contributed by atoms with E-state index in [2.05, 4.69) is 16.0 Å². The summed E-state index contributed by atoms with van der Waals surface area (Å²) in [5, 5.41) is 8.18. The maximum absolute atomic E-state index is 13.4. The number of hydrogen-bond donors (Lipinski definition) is 3. The van der Waals surface area contributed by atoms with Crippen molar-refractivity contribution in [1.29, 1.82) is 0 Å². The van der Waals surface area contributed by atoms with Crippen LogP contribution in [0, 0.1) is 11.6 Å². The molecule has 0 aliphatic carbocycles. The molecule has 0 saturated carbocycles. The molecule has 3 N–H and O–H groups in total. The van der Waals surface area contributed by atoms with Crippen molar-refractivity contribution in [2.24, 2.45) is 0 Å². The SMILES string of the molecule is O=C(NCCNC(=O)C1CCCCN1)c1c(F)cccc1F. The summed E-state index contributed by atoms with van der Waals surface area (Å²) in [6.07, 6.45) is 2.86. The number of piperidine rings is 1. The van der Waals surface area contributed by atoms with Crippen LogP contribution in [0.4, 0.5) is 8.78 Å². The molecule has 0 spiro atoms. The fourth-order valence-electron chi connectivity index (χ4n) is 2.36. The lowest BCUT2D eigenvalue weighted by Gasteiger charge is -2.22. The summed E-state index contributed by atoms with van der Waals surface area (Å²) in [6.45, 7) is 1.13. The number of nitrogens with one attached hydrogen (secondary N) is 3. The van der Waals surface area contributed by atoms with Crippen LogP contribution in [0.1, 0.15) is 29.6 Å². The lowest BCUT2D eigenvalue weighted by Crippen LogP contribution is -2.48. The highest BCUT2D eigenvalue weighted by Gasteiger charge is 2.20. The highest BCUT2D eigenvalue weighted by Crippen LogP contribution is 2.11. The Kier molecular flexibility index (Phi) is 5.83. The van der Waals surface area contributed by atoms with E-state index in [4.69, 9.17) is 0 Å². The average Bonchev–Trinajstić information content (AvgIpc) is 2.52. The second kappa shape index (κ2) is 7.84. The zero-order chi connectivity index (χ0) is 15.9. The standard InChI is InChI=1S/C15H19F2N3O2/c16-10-4-3-5-11(17)13(10)15(22)20-9-8-19-14(21)12-6-1-2-7-18-12/h3-5,12,18H,1-2,6-9H2,(H,19,21)(H,20,22). The van der Waals surface area contributed by atoms with Crippen molar-refractivity contribution >= 4 is 11.8 Å². The summed E-state index contributed by atoms with van der Waals surface area (Å²) < 4.78 is 26.8. The van der Waals surface area contributed by atoms with Crippen LogP contribution in [0.25, 0.3) is 0 Å². The number of benzene rings is 1. The van der Waals surface area contributed by atoms with Gasteiger partial charge in [-0.1, -0.05) is 12.5 Å². The Labute approximate surface area is 127 Å². The van der Waals surface area contributed by atoms with Crippen molar-refractivity contribution in [2.75, 3.05) is 19.6 Å². The number of hydrogen-bond acceptors (Lipinski definition) is 3. The predicted molar refractivity (Wildman–Crippen MR) is 77.3 cm³/mol. The van der Waals surface area contributed by atoms with Crippen molar-refractivity contribution < 1.29 is 18.4 Å². The minimum atomic E-state index is -0.909. The molecule has 120 valence electrons. The van der Waals surface area contributed by atoms with Crippen molar-refractivity contribution in [3.8, 4) is 0 Å². The van der Waals surface area contributed by atoms with Crippen LogP contribution in [0.2, 0.25) is 0 Å². The van der Waals surface area contributed by atoms with E-state index in [1.54, 1.807) is 0 Å². The quantitative estimate of drug-likeness (QED) is 0.709. The van der Waals surface area contributed by atoms with Crippen LogP contribution in [0.5, 0.6) is 0 Å². The third-order valence-electron chi connectivity index (χ3n) is 3.53. The van der Waals surface area contributed by atoms with Crippen molar-refractivity contribution in [3.63, 3.8) is 0 Å². The van der Waals surface area contributed by atoms with Gasteiger partial charge in [-0.15, -0.1) is 0 Å². The molecule has 2 amide bonds. The molecule has 1 aliphatic rings. The van der Waals surface area contributed by atoms with Gasteiger partial charge in [-0.2, -0.15) is 0 Å².